The molecule has 0 unspecified atom stereocenters. The van der Waals surface area contributed by atoms with Crippen molar-refractivity contribution >= 4 is 29.2 Å². The van der Waals surface area contributed by atoms with Gasteiger partial charge in [-0.2, -0.15) is 0 Å². The van der Waals surface area contributed by atoms with Gasteiger partial charge in [0.05, 0.1) is 25.8 Å². The number of hydrogen-bond acceptors (Lipinski definition) is 5. The summed E-state index contributed by atoms with van der Waals surface area (Å²) in [5.74, 6) is 0.572. The third-order valence-electron chi connectivity index (χ3n) is 6.36. The predicted molar refractivity (Wildman–Crippen MR) is 129 cm³/mol. The Balaban J connectivity index is 1.55. The number of nitrogens with one attached hydrogen (secondary N) is 1. The fourth-order valence-corrected chi connectivity index (χ4v) is 4.74. The fourth-order valence-electron chi connectivity index (χ4n) is 4.74. The molecule has 4 rings (SSSR count). The van der Waals surface area contributed by atoms with Gasteiger partial charge in [-0.3, -0.25) is 9.59 Å². The molecule has 8 nitrogen and oxygen atoms in total. The van der Waals surface area contributed by atoms with Crippen molar-refractivity contribution in [2.75, 3.05) is 23.9 Å². The van der Waals surface area contributed by atoms with Crippen LogP contribution in [0.15, 0.2) is 48.5 Å². The molecule has 1 saturated carbocycles. The van der Waals surface area contributed by atoms with Crippen LogP contribution >= 0.6 is 0 Å². The van der Waals surface area contributed by atoms with Crippen LogP contribution in [0.5, 0.6) is 11.5 Å². The Bertz CT molecular complexity index is 1030. The summed E-state index contributed by atoms with van der Waals surface area (Å²) in [7, 11) is 1.54. The van der Waals surface area contributed by atoms with Crippen LogP contribution in [-0.2, 0) is 9.59 Å². The second-order valence-electron chi connectivity index (χ2n) is 8.58. The van der Waals surface area contributed by atoms with Gasteiger partial charge in [-0.15, -0.1) is 0 Å². The monoisotopic (exact) mass is 465 g/mol. The first-order valence-electron chi connectivity index (χ1n) is 11.8. The molecular weight excluding hydrogens is 434 g/mol. The van der Waals surface area contributed by atoms with Gasteiger partial charge in [0.25, 0.3) is 5.91 Å². The molecule has 34 heavy (non-hydrogen) atoms. The second-order valence-corrected chi connectivity index (χ2v) is 8.58. The van der Waals surface area contributed by atoms with E-state index in [1.54, 1.807) is 53.4 Å². The predicted octanol–water partition coefficient (Wildman–Crippen LogP) is 4.59. The van der Waals surface area contributed by atoms with E-state index in [1.165, 1.54) is 12.0 Å². The Morgan fingerprint density at radius 3 is 2.44 bits per heavy atom. The van der Waals surface area contributed by atoms with Crippen LogP contribution in [0.3, 0.4) is 0 Å². The highest BCUT2D eigenvalue weighted by Crippen LogP contribution is 2.34. The van der Waals surface area contributed by atoms with Crippen LogP contribution in [0.1, 0.15) is 45.4 Å². The number of nitrogens with zero attached hydrogens (tertiary/aromatic N) is 2. The molecule has 4 amide bonds. The van der Waals surface area contributed by atoms with Crippen molar-refractivity contribution in [2.45, 2.75) is 57.5 Å². The molecule has 2 aromatic carbocycles. The minimum atomic E-state index is -0.843. The number of carbonyl (C=O) groups is 3. The number of ether oxygens (including phenoxy) is 2. The standard InChI is InChI=1S/C26H31N3O5/c1-3-34-21-14-12-18(13-15-21)27-24(30)17-23-25(31)29(20-10-7-11-22(16-20)33-2)26(32)28(23)19-8-5-4-6-9-19/h7,10-16,19,23H,3-6,8-9,17H2,1-2H3,(H,27,30)/t23-/m1/s1. The highest BCUT2D eigenvalue weighted by Gasteiger charge is 2.49. The van der Waals surface area contributed by atoms with E-state index in [1.807, 2.05) is 6.92 Å². The molecule has 180 valence electrons. The van der Waals surface area contributed by atoms with E-state index in [-0.39, 0.29) is 30.3 Å². The highest BCUT2D eigenvalue weighted by molar-refractivity contribution is 6.22. The summed E-state index contributed by atoms with van der Waals surface area (Å²) in [6, 6.07) is 12.7. The number of urea groups is 1. The maximum absolute atomic E-state index is 13.5. The number of carbonyl (C=O) groups excluding carboxylic acids is 3. The molecule has 1 N–H and O–H groups in total. The van der Waals surface area contributed by atoms with Crippen molar-refractivity contribution in [3.8, 4) is 11.5 Å². The van der Waals surface area contributed by atoms with Crippen molar-refractivity contribution in [3.05, 3.63) is 48.5 Å². The van der Waals surface area contributed by atoms with Gasteiger partial charge in [-0.05, 0) is 56.2 Å². The van der Waals surface area contributed by atoms with Gasteiger partial charge in [0.1, 0.15) is 17.5 Å². The van der Waals surface area contributed by atoms with Crippen LogP contribution in [0.2, 0.25) is 0 Å². The molecule has 8 heteroatoms. The van der Waals surface area contributed by atoms with Crippen LogP contribution in [0.25, 0.3) is 0 Å². The average molecular weight is 466 g/mol. The van der Waals surface area contributed by atoms with Gasteiger partial charge in [-0.1, -0.05) is 25.3 Å². The highest BCUT2D eigenvalue weighted by atomic mass is 16.5. The fraction of sp³-hybridized carbons (Fsp3) is 0.423. The lowest BCUT2D eigenvalue weighted by molar-refractivity contribution is -0.125. The summed E-state index contributed by atoms with van der Waals surface area (Å²) >= 11 is 0. The minimum Gasteiger partial charge on any atom is -0.497 e. The number of benzene rings is 2. The molecule has 1 heterocycles. The number of imide groups is 1. The van der Waals surface area contributed by atoms with Crippen molar-refractivity contribution in [1.29, 1.82) is 0 Å². The molecule has 1 aliphatic carbocycles. The van der Waals surface area contributed by atoms with E-state index in [0.29, 0.717) is 23.7 Å². The third kappa shape index (κ3) is 5.00. The first kappa shape index (κ1) is 23.6. The summed E-state index contributed by atoms with van der Waals surface area (Å²) in [6.45, 7) is 2.47. The van der Waals surface area contributed by atoms with E-state index < -0.39 is 6.04 Å². The number of amides is 4. The zero-order valence-corrected chi connectivity index (χ0v) is 19.7. The van der Waals surface area contributed by atoms with Crippen LogP contribution in [0, 0.1) is 0 Å². The van der Waals surface area contributed by atoms with Gasteiger partial charge < -0.3 is 19.7 Å². The van der Waals surface area contributed by atoms with E-state index in [4.69, 9.17) is 9.47 Å². The number of rotatable bonds is 8. The SMILES string of the molecule is CCOc1ccc(NC(=O)C[C@@H]2C(=O)N(c3cccc(OC)c3)C(=O)N2C2CCCCC2)cc1. The minimum absolute atomic E-state index is 0.0518. The van der Waals surface area contributed by atoms with Crippen molar-refractivity contribution in [1.82, 2.24) is 4.90 Å². The van der Waals surface area contributed by atoms with Crippen LogP contribution < -0.4 is 19.7 Å². The van der Waals surface area contributed by atoms with Gasteiger partial charge in [0, 0.05) is 17.8 Å². The molecule has 2 aliphatic rings. The summed E-state index contributed by atoms with van der Waals surface area (Å²) < 4.78 is 10.7. The number of anilines is 2. The smallest absolute Gasteiger partial charge is 0.332 e. The molecule has 0 aromatic heterocycles. The lowest BCUT2D eigenvalue weighted by Crippen LogP contribution is -2.45. The summed E-state index contributed by atoms with van der Waals surface area (Å²) in [5.41, 5.74) is 1.06. The summed E-state index contributed by atoms with van der Waals surface area (Å²) in [5, 5.41) is 2.85. The van der Waals surface area contributed by atoms with E-state index in [9.17, 15) is 14.4 Å². The van der Waals surface area contributed by atoms with Crippen molar-refractivity contribution < 1.29 is 23.9 Å². The molecule has 1 aliphatic heterocycles. The maximum Gasteiger partial charge on any atom is 0.332 e. The quantitative estimate of drug-likeness (QED) is 0.576. The van der Waals surface area contributed by atoms with Crippen molar-refractivity contribution in [2.24, 2.45) is 0 Å². The van der Waals surface area contributed by atoms with Gasteiger partial charge in [0.15, 0.2) is 0 Å². The molecular formula is C26H31N3O5. The summed E-state index contributed by atoms with van der Waals surface area (Å²) in [4.78, 5) is 42.8. The van der Waals surface area contributed by atoms with E-state index in [0.717, 1.165) is 37.9 Å². The molecule has 0 bridgehead atoms. The zero-order valence-electron chi connectivity index (χ0n) is 19.7. The van der Waals surface area contributed by atoms with E-state index >= 15 is 0 Å². The Morgan fingerprint density at radius 1 is 1.03 bits per heavy atom. The van der Waals surface area contributed by atoms with Crippen LogP contribution in [0.4, 0.5) is 16.2 Å². The van der Waals surface area contributed by atoms with Crippen LogP contribution in [-0.4, -0.2) is 48.5 Å². The largest absolute Gasteiger partial charge is 0.497 e. The van der Waals surface area contributed by atoms with Gasteiger partial charge in [0.2, 0.25) is 5.91 Å². The van der Waals surface area contributed by atoms with E-state index in [2.05, 4.69) is 5.32 Å². The zero-order chi connectivity index (χ0) is 24.1. The molecule has 0 spiro atoms. The molecule has 1 atom stereocenters. The lowest BCUT2D eigenvalue weighted by Gasteiger charge is -2.33. The second kappa shape index (κ2) is 10.6. The normalized spacial score (nSPS) is 18.8. The average Bonchev–Trinajstić information content (AvgIpc) is 3.10. The molecule has 1 saturated heterocycles. The molecule has 2 fully saturated rings. The third-order valence-corrected chi connectivity index (χ3v) is 6.36. The lowest BCUT2D eigenvalue weighted by atomic mass is 9.93. The Kier molecular flexibility index (Phi) is 7.35. The topological polar surface area (TPSA) is 88.2 Å². The first-order valence-corrected chi connectivity index (χ1v) is 11.8. The summed E-state index contributed by atoms with van der Waals surface area (Å²) in [6.07, 6.45) is 4.70. The number of methoxy groups -OCH3 is 1. The van der Waals surface area contributed by atoms with Crippen molar-refractivity contribution in [3.63, 3.8) is 0 Å². The van der Waals surface area contributed by atoms with Gasteiger partial charge in [-0.25, -0.2) is 9.69 Å². The number of hydrogen-bond donors (Lipinski definition) is 1. The van der Waals surface area contributed by atoms with Gasteiger partial charge >= 0.3 is 6.03 Å². The first-order chi connectivity index (χ1) is 16.5. The Hall–Kier alpha value is -3.55. The Morgan fingerprint density at radius 2 is 1.76 bits per heavy atom. The maximum atomic E-state index is 13.5. The molecule has 2 aromatic rings. The Labute approximate surface area is 199 Å². The molecule has 0 radical (unpaired) electrons.